The lowest BCUT2D eigenvalue weighted by Crippen LogP contribution is -2.53. The zero-order valence-corrected chi connectivity index (χ0v) is 18.1. The Bertz CT molecular complexity index is 1140. The van der Waals surface area contributed by atoms with E-state index in [1.165, 1.54) is 47.2 Å². The summed E-state index contributed by atoms with van der Waals surface area (Å²) in [4.78, 5) is 54.9. The van der Waals surface area contributed by atoms with Crippen molar-refractivity contribution < 1.29 is 28.0 Å². The van der Waals surface area contributed by atoms with Gasteiger partial charge in [-0.25, -0.2) is 8.78 Å². The van der Waals surface area contributed by atoms with Crippen LogP contribution in [0.25, 0.3) is 0 Å². The Morgan fingerprint density at radius 2 is 1.76 bits per heavy atom. The molecule has 2 aliphatic rings. The molecule has 2 heterocycles. The lowest BCUT2D eigenvalue weighted by Gasteiger charge is -2.36. The van der Waals surface area contributed by atoms with Gasteiger partial charge in [0.25, 0.3) is 0 Å². The molecule has 0 radical (unpaired) electrons. The summed E-state index contributed by atoms with van der Waals surface area (Å²) in [7, 11) is 1.31. The summed E-state index contributed by atoms with van der Waals surface area (Å²) < 4.78 is 28.1. The molecule has 0 aromatic heterocycles. The number of benzene rings is 2. The highest BCUT2D eigenvalue weighted by molar-refractivity contribution is 6.10. The van der Waals surface area contributed by atoms with Crippen LogP contribution in [0.15, 0.2) is 48.5 Å². The number of carbonyl (C=O) groups excluding carboxylic acids is 4. The smallest absolute Gasteiger partial charge is 0.242 e. The third-order valence-electron chi connectivity index (χ3n) is 6.32. The molecule has 9 heteroatoms. The number of halogens is 2. The van der Waals surface area contributed by atoms with E-state index in [-0.39, 0.29) is 44.1 Å². The maximum atomic E-state index is 14.7. The number of rotatable bonds is 5. The molecule has 0 saturated carbocycles. The van der Waals surface area contributed by atoms with Crippen LogP contribution in [0.2, 0.25) is 0 Å². The second-order valence-corrected chi connectivity index (χ2v) is 8.43. The highest BCUT2D eigenvalue weighted by Gasteiger charge is 2.54. The number of likely N-dealkylation sites (N-methyl/N-ethyl adjacent to an activating group) is 1. The van der Waals surface area contributed by atoms with Crippen molar-refractivity contribution in [3.8, 4) is 0 Å². The van der Waals surface area contributed by atoms with Crippen LogP contribution in [0.1, 0.15) is 24.0 Å². The van der Waals surface area contributed by atoms with Gasteiger partial charge in [0, 0.05) is 45.1 Å². The molecule has 0 spiro atoms. The fourth-order valence-corrected chi connectivity index (χ4v) is 4.49. The maximum Gasteiger partial charge on any atom is 0.242 e. The number of carbonyl (C=O) groups is 4. The Labute approximate surface area is 189 Å². The van der Waals surface area contributed by atoms with E-state index in [9.17, 15) is 28.0 Å². The number of likely N-dealkylation sites (tertiary alicyclic amines) is 1. The predicted octanol–water partition coefficient (Wildman–Crippen LogP) is 1.85. The van der Waals surface area contributed by atoms with E-state index >= 15 is 0 Å². The van der Waals surface area contributed by atoms with Crippen molar-refractivity contribution in [3.05, 3.63) is 71.3 Å². The minimum Gasteiger partial charge on any atom is -0.335 e. The monoisotopic (exact) mass is 455 g/mol. The molecular weight excluding hydrogens is 432 g/mol. The van der Waals surface area contributed by atoms with E-state index in [4.69, 9.17) is 0 Å². The Hall–Kier alpha value is -3.62. The zero-order chi connectivity index (χ0) is 23.8. The van der Waals surface area contributed by atoms with E-state index in [1.807, 2.05) is 0 Å². The highest BCUT2D eigenvalue weighted by atomic mass is 19.1. The largest absolute Gasteiger partial charge is 0.335 e. The fraction of sp³-hybridized carbons (Fsp3) is 0.333. The molecule has 2 aromatic carbocycles. The molecule has 7 nitrogen and oxygen atoms in total. The SMILES string of the molecule is CN1C(=O)C[C@](CC(=O)N2CCN(Cc3cccc(F)c3)C(=O)C2)(c2ccccc2F)C1=O. The van der Waals surface area contributed by atoms with Crippen molar-refractivity contribution in [1.29, 1.82) is 0 Å². The van der Waals surface area contributed by atoms with Crippen molar-refractivity contribution in [3.63, 3.8) is 0 Å². The molecule has 2 aromatic rings. The van der Waals surface area contributed by atoms with Crippen molar-refractivity contribution >= 4 is 23.6 Å². The summed E-state index contributed by atoms with van der Waals surface area (Å²) in [5, 5.41) is 0. The van der Waals surface area contributed by atoms with Crippen LogP contribution in [0.3, 0.4) is 0 Å². The Balaban J connectivity index is 1.51. The number of hydrogen-bond donors (Lipinski definition) is 0. The zero-order valence-electron chi connectivity index (χ0n) is 18.1. The van der Waals surface area contributed by atoms with Gasteiger partial charge in [0.05, 0.1) is 12.0 Å². The Kier molecular flexibility index (Phi) is 5.97. The molecule has 0 aliphatic carbocycles. The van der Waals surface area contributed by atoms with Crippen LogP contribution in [0.4, 0.5) is 8.78 Å². The first-order valence-electron chi connectivity index (χ1n) is 10.6. The lowest BCUT2D eigenvalue weighted by atomic mass is 9.75. The number of nitrogens with zero attached hydrogens (tertiary/aromatic N) is 3. The molecule has 2 aliphatic heterocycles. The van der Waals surface area contributed by atoms with Crippen LogP contribution >= 0.6 is 0 Å². The Morgan fingerprint density at radius 1 is 1.00 bits per heavy atom. The first-order valence-corrected chi connectivity index (χ1v) is 10.6. The molecule has 0 N–H and O–H groups in total. The van der Waals surface area contributed by atoms with Crippen LogP contribution in [-0.4, -0.2) is 65.0 Å². The van der Waals surface area contributed by atoms with Gasteiger partial charge >= 0.3 is 0 Å². The molecule has 33 heavy (non-hydrogen) atoms. The van der Waals surface area contributed by atoms with Crippen molar-refractivity contribution in [2.24, 2.45) is 0 Å². The molecule has 4 rings (SSSR count). The van der Waals surface area contributed by atoms with E-state index in [2.05, 4.69) is 0 Å². The van der Waals surface area contributed by atoms with Gasteiger partial charge < -0.3 is 9.80 Å². The molecule has 2 saturated heterocycles. The minimum atomic E-state index is -1.64. The summed E-state index contributed by atoms with van der Waals surface area (Å²) >= 11 is 0. The second-order valence-electron chi connectivity index (χ2n) is 8.43. The molecule has 172 valence electrons. The standard InChI is InChI=1S/C24H23F2N3O4/c1-27-20(30)12-24(23(27)33,18-7-2-3-8-19(18)26)13-21(31)29-10-9-28(22(32)15-29)14-16-5-4-6-17(25)11-16/h2-8,11H,9-10,12-15H2,1H3/t24-/m0/s1. The maximum absolute atomic E-state index is 14.7. The van der Waals surface area contributed by atoms with Gasteiger partial charge in [0.1, 0.15) is 11.6 Å². The number of hydrogen-bond acceptors (Lipinski definition) is 4. The van der Waals surface area contributed by atoms with Crippen molar-refractivity contribution in [1.82, 2.24) is 14.7 Å². The number of imide groups is 1. The van der Waals surface area contributed by atoms with Crippen LogP contribution in [0, 0.1) is 11.6 Å². The summed E-state index contributed by atoms with van der Waals surface area (Å²) in [5.41, 5.74) is -1.01. The first-order chi connectivity index (χ1) is 15.7. The van der Waals surface area contributed by atoms with Gasteiger partial charge in [-0.05, 0) is 23.8 Å². The fourth-order valence-electron chi connectivity index (χ4n) is 4.49. The molecule has 4 amide bonds. The minimum absolute atomic E-state index is 0.00267. The summed E-state index contributed by atoms with van der Waals surface area (Å²) in [5.74, 6) is -3.02. The van der Waals surface area contributed by atoms with E-state index < -0.39 is 41.2 Å². The second kappa shape index (κ2) is 8.73. The third kappa shape index (κ3) is 4.22. The number of piperazine rings is 1. The topological polar surface area (TPSA) is 78.0 Å². The van der Waals surface area contributed by atoms with Crippen LogP contribution in [-0.2, 0) is 31.1 Å². The van der Waals surface area contributed by atoms with Gasteiger partial charge in [0.2, 0.25) is 23.6 Å². The van der Waals surface area contributed by atoms with Gasteiger partial charge in [-0.3, -0.25) is 24.1 Å². The molecular formula is C24H23F2N3O4. The third-order valence-corrected chi connectivity index (χ3v) is 6.32. The lowest BCUT2D eigenvalue weighted by molar-refractivity contribution is -0.147. The summed E-state index contributed by atoms with van der Waals surface area (Å²) in [6.07, 6.45) is -0.734. The Morgan fingerprint density at radius 3 is 2.39 bits per heavy atom. The predicted molar refractivity (Wildman–Crippen MR) is 113 cm³/mol. The van der Waals surface area contributed by atoms with Gasteiger partial charge in [0.15, 0.2) is 0 Å². The molecule has 0 unspecified atom stereocenters. The molecule has 1 atom stereocenters. The first kappa shape index (κ1) is 22.6. The van der Waals surface area contributed by atoms with Crippen molar-refractivity contribution in [2.75, 3.05) is 26.7 Å². The van der Waals surface area contributed by atoms with Crippen LogP contribution < -0.4 is 0 Å². The summed E-state index contributed by atoms with van der Waals surface area (Å²) in [6.45, 7) is 0.459. The normalized spacial score (nSPS) is 21.2. The van der Waals surface area contributed by atoms with Gasteiger partial charge in [-0.1, -0.05) is 30.3 Å². The van der Waals surface area contributed by atoms with E-state index in [1.54, 1.807) is 18.2 Å². The summed E-state index contributed by atoms with van der Waals surface area (Å²) in [6, 6.07) is 11.6. The highest BCUT2D eigenvalue weighted by Crippen LogP contribution is 2.41. The average Bonchev–Trinajstić information content (AvgIpc) is 2.99. The quantitative estimate of drug-likeness (QED) is 0.645. The average molecular weight is 455 g/mol. The molecule has 0 bridgehead atoms. The van der Waals surface area contributed by atoms with Crippen molar-refractivity contribution in [2.45, 2.75) is 24.8 Å². The van der Waals surface area contributed by atoms with Gasteiger partial charge in [-0.15, -0.1) is 0 Å². The number of amides is 4. The van der Waals surface area contributed by atoms with E-state index in [0.29, 0.717) is 5.56 Å². The van der Waals surface area contributed by atoms with Crippen LogP contribution in [0.5, 0.6) is 0 Å². The van der Waals surface area contributed by atoms with Gasteiger partial charge in [-0.2, -0.15) is 0 Å². The van der Waals surface area contributed by atoms with E-state index in [0.717, 1.165) is 4.90 Å². The molecule has 2 fully saturated rings.